The van der Waals surface area contributed by atoms with E-state index in [9.17, 15) is 0 Å². The van der Waals surface area contributed by atoms with Crippen molar-refractivity contribution in [1.82, 2.24) is 10.2 Å². The molecular weight excluding hydrogens is 280 g/mol. The predicted molar refractivity (Wildman–Crippen MR) is 104 cm³/mol. The SMILES string of the molecule is CCCCCCC(CCCCC)N1CCC(C)C(CCNC)C1. The van der Waals surface area contributed by atoms with E-state index in [0.717, 1.165) is 17.9 Å². The lowest BCUT2D eigenvalue weighted by Gasteiger charge is -2.42. The molecule has 0 radical (unpaired) electrons. The number of hydrogen-bond donors (Lipinski definition) is 1. The Morgan fingerprint density at radius 3 is 2.30 bits per heavy atom. The van der Waals surface area contributed by atoms with Gasteiger partial charge in [0, 0.05) is 12.6 Å². The van der Waals surface area contributed by atoms with Gasteiger partial charge >= 0.3 is 0 Å². The normalized spacial score (nSPS) is 24.0. The molecule has 2 nitrogen and oxygen atoms in total. The van der Waals surface area contributed by atoms with Crippen molar-refractivity contribution in [3.05, 3.63) is 0 Å². The Morgan fingerprint density at radius 2 is 1.65 bits per heavy atom. The zero-order valence-corrected chi connectivity index (χ0v) is 16.6. The average molecular weight is 325 g/mol. The van der Waals surface area contributed by atoms with Gasteiger partial charge in [0.2, 0.25) is 0 Å². The number of unbranched alkanes of at least 4 members (excludes halogenated alkanes) is 5. The van der Waals surface area contributed by atoms with E-state index in [4.69, 9.17) is 0 Å². The molecule has 1 rings (SSSR count). The highest BCUT2D eigenvalue weighted by Crippen LogP contribution is 2.29. The highest BCUT2D eigenvalue weighted by molar-refractivity contribution is 4.83. The Bertz CT molecular complexity index is 267. The number of nitrogens with zero attached hydrogens (tertiary/aromatic N) is 1. The van der Waals surface area contributed by atoms with Gasteiger partial charge in [-0.3, -0.25) is 0 Å². The minimum absolute atomic E-state index is 0.864. The fourth-order valence-electron chi connectivity index (χ4n) is 4.16. The Labute approximate surface area is 146 Å². The van der Waals surface area contributed by atoms with Crippen LogP contribution in [0.1, 0.15) is 91.4 Å². The number of nitrogens with one attached hydrogen (secondary N) is 1. The first-order chi connectivity index (χ1) is 11.2. The lowest BCUT2D eigenvalue weighted by atomic mass is 9.83. The third-order valence-corrected chi connectivity index (χ3v) is 5.96. The third-order valence-electron chi connectivity index (χ3n) is 5.96. The lowest BCUT2D eigenvalue weighted by Crippen LogP contribution is -2.46. The van der Waals surface area contributed by atoms with Crippen molar-refractivity contribution >= 4 is 0 Å². The summed E-state index contributed by atoms with van der Waals surface area (Å²) >= 11 is 0. The van der Waals surface area contributed by atoms with E-state index < -0.39 is 0 Å². The highest BCUT2D eigenvalue weighted by atomic mass is 15.2. The monoisotopic (exact) mass is 324 g/mol. The van der Waals surface area contributed by atoms with Crippen LogP contribution in [-0.2, 0) is 0 Å². The standard InChI is InChI=1S/C21H44N2/c1-5-7-9-11-13-21(12-10-8-6-2)23-17-15-19(3)20(18-23)14-16-22-4/h19-22H,5-18H2,1-4H3. The molecule has 0 aromatic carbocycles. The van der Waals surface area contributed by atoms with Gasteiger partial charge in [-0.15, -0.1) is 0 Å². The molecule has 0 bridgehead atoms. The fraction of sp³-hybridized carbons (Fsp3) is 1.00. The van der Waals surface area contributed by atoms with Crippen LogP contribution in [0.2, 0.25) is 0 Å². The minimum Gasteiger partial charge on any atom is -0.320 e. The molecule has 0 aromatic rings. The maximum Gasteiger partial charge on any atom is 0.00953 e. The summed E-state index contributed by atoms with van der Waals surface area (Å²) in [6.07, 6.45) is 15.5. The summed E-state index contributed by atoms with van der Waals surface area (Å²) in [7, 11) is 2.09. The Kier molecular flexibility index (Phi) is 12.1. The first kappa shape index (κ1) is 21.0. The molecule has 0 aliphatic carbocycles. The molecule has 138 valence electrons. The smallest absolute Gasteiger partial charge is 0.00953 e. The zero-order chi connectivity index (χ0) is 16.9. The molecule has 1 aliphatic rings. The second kappa shape index (κ2) is 13.2. The van der Waals surface area contributed by atoms with Crippen molar-refractivity contribution in [2.45, 2.75) is 97.4 Å². The maximum atomic E-state index is 3.35. The molecule has 0 spiro atoms. The third kappa shape index (κ3) is 8.54. The highest BCUT2D eigenvalue weighted by Gasteiger charge is 2.29. The van der Waals surface area contributed by atoms with Crippen LogP contribution in [0.4, 0.5) is 0 Å². The van der Waals surface area contributed by atoms with E-state index in [1.165, 1.54) is 90.3 Å². The van der Waals surface area contributed by atoms with E-state index in [2.05, 4.69) is 38.0 Å². The maximum absolute atomic E-state index is 3.35. The second-order valence-corrected chi connectivity index (χ2v) is 7.91. The molecular formula is C21H44N2. The topological polar surface area (TPSA) is 15.3 Å². The number of rotatable bonds is 13. The predicted octanol–water partition coefficient (Wildman–Crippen LogP) is 5.47. The molecule has 3 atom stereocenters. The summed E-state index contributed by atoms with van der Waals surface area (Å²) in [6, 6.07) is 0.864. The summed E-state index contributed by atoms with van der Waals surface area (Å²) < 4.78 is 0. The van der Waals surface area contributed by atoms with Crippen LogP contribution in [0, 0.1) is 11.8 Å². The van der Waals surface area contributed by atoms with E-state index in [-0.39, 0.29) is 0 Å². The van der Waals surface area contributed by atoms with E-state index in [1.54, 1.807) is 0 Å². The van der Waals surface area contributed by atoms with Crippen LogP contribution in [0.3, 0.4) is 0 Å². The second-order valence-electron chi connectivity index (χ2n) is 7.91. The quantitative estimate of drug-likeness (QED) is 0.452. The molecule has 1 fully saturated rings. The molecule has 1 aliphatic heterocycles. The molecule has 1 saturated heterocycles. The van der Waals surface area contributed by atoms with Crippen molar-refractivity contribution < 1.29 is 0 Å². The minimum atomic E-state index is 0.864. The van der Waals surface area contributed by atoms with Gasteiger partial charge in [-0.1, -0.05) is 65.7 Å². The Morgan fingerprint density at radius 1 is 1.00 bits per heavy atom. The molecule has 0 amide bonds. The largest absolute Gasteiger partial charge is 0.320 e. The van der Waals surface area contributed by atoms with Gasteiger partial charge in [-0.05, 0) is 57.7 Å². The summed E-state index contributed by atoms with van der Waals surface area (Å²) in [5.74, 6) is 1.82. The van der Waals surface area contributed by atoms with Crippen LogP contribution < -0.4 is 5.32 Å². The average Bonchev–Trinajstić information content (AvgIpc) is 2.56. The van der Waals surface area contributed by atoms with E-state index in [0.29, 0.717) is 0 Å². The van der Waals surface area contributed by atoms with Gasteiger partial charge in [0.05, 0.1) is 0 Å². The molecule has 1 heterocycles. The van der Waals surface area contributed by atoms with Crippen LogP contribution >= 0.6 is 0 Å². The van der Waals surface area contributed by atoms with Crippen molar-refractivity contribution in [1.29, 1.82) is 0 Å². The van der Waals surface area contributed by atoms with Gasteiger partial charge in [0.15, 0.2) is 0 Å². The van der Waals surface area contributed by atoms with E-state index >= 15 is 0 Å². The Balaban J connectivity index is 2.49. The molecule has 23 heavy (non-hydrogen) atoms. The molecule has 0 aromatic heterocycles. The Hall–Kier alpha value is -0.0800. The van der Waals surface area contributed by atoms with Crippen LogP contribution in [0.15, 0.2) is 0 Å². The molecule has 0 saturated carbocycles. The summed E-state index contributed by atoms with van der Waals surface area (Å²) in [5.41, 5.74) is 0. The van der Waals surface area contributed by atoms with Crippen LogP contribution in [0.25, 0.3) is 0 Å². The molecule has 2 heteroatoms. The van der Waals surface area contributed by atoms with Crippen molar-refractivity contribution in [3.8, 4) is 0 Å². The molecule has 3 unspecified atom stereocenters. The van der Waals surface area contributed by atoms with Crippen LogP contribution in [0.5, 0.6) is 0 Å². The van der Waals surface area contributed by atoms with Crippen LogP contribution in [-0.4, -0.2) is 37.6 Å². The van der Waals surface area contributed by atoms with Gasteiger partial charge in [0.1, 0.15) is 0 Å². The zero-order valence-electron chi connectivity index (χ0n) is 16.6. The first-order valence-electron chi connectivity index (χ1n) is 10.6. The first-order valence-corrected chi connectivity index (χ1v) is 10.6. The van der Waals surface area contributed by atoms with Crippen molar-refractivity contribution in [2.24, 2.45) is 11.8 Å². The molecule has 1 N–H and O–H groups in total. The number of hydrogen-bond acceptors (Lipinski definition) is 2. The van der Waals surface area contributed by atoms with Gasteiger partial charge in [0.25, 0.3) is 0 Å². The summed E-state index contributed by atoms with van der Waals surface area (Å²) in [6.45, 7) is 11.0. The lowest BCUT2D eigenvalue weighted by molar-refractivity contribution is 0.0730. The fourth-order valence-corrected chi connectivity index (χ4v) is 4.16. The number of piperidine rings is 1. The van der Waals surface area contributed by atoms with Gasteiger partial charge in [-0.25, -0.2) is 0 Å². The van der Waals surface area contributed by atoms with Crippen molar-refractivity contribution in [2.75, 3.05) is 26.7 Å². The van der Waals surface area contributed by atoms with Gasteiger partial charge < -0.3 is 10.2 Å². The summed E-state index contributed by atoms with van der Waals surface area (Å²) in [4.78, 5) is 2.88. The van der Waals surface area contributed by atoms with Gasteiger partial charge in [-0.2, -0.15) is 0 Å². The van der Waals surface area contributed by atoms with Crippen molar-refractivity contribution in [3.63, 3.8) is 0 Å². The summed E-state index contributed by atoms with van der Waals surface area (Å²) in [5, 5.41) is 3.35. The van der Waals surface area contributed by atoms with E-state index in [1.807, 2.05) is 0 Å². The number of likely N-dealkylation sites (tertiary alicyclic amines) is 1.